The molecule has 0 aromatic heterocycles. The van der Waals surface area contributed by atoms with E-state index in [4.69, 9.17) is 0 Å². The molecule has 2 rings (SSSR count). The van der Waals surface area contributed by atoms with Crippen molar-refractivity contribution in [2.75, 3.05) is 13.1 Å². The van der Waals surface area contributed by atoms with Crippen LogP contribution in [0.2, 0.25) is 0 Å². The average Bonchev–Trinajstić information content (AvgIpc) is 2.47. The Balaban J connectivity index is 2.20. The molecule has 112 valence electrons. The van der Waals surface area contributed by atoms with Gasteiger partial charge in [0.25, 0.3) is 0 Å². The number of hydrogen-bond acceptors (Lipinski definition) is 2. The maximum atomic E-state index is 13.4. The smallest absolute Gasteiger partial charge is 0.123 e. The Labute approximate surface area is 122 Å². The third-order valence-corrected chi connectivity index (χ3v) is 5.01. The Morgan fingerprint density at radius 3 is 2.70 bits per heavy atom. The molecule has 2 atom stereocenters. The number of benzene rings is 1. The lowest BCUT2D eigenvalue weighted by Crippen LogP contribution is -2.63. The van der Waals surface area contributed by atoms with Crippen LogP contribution in [0.4, 0.5) is 4.39 Å². The molecule has 0 amide bonds. The summed E-state index contributed by atoms with van der Waals surface area (Å²) in [5, 5.41) is 3.71. The van der Waals surface area contributed by atoms with Gasteiger partial charge in [0.1, 0.15) is 5.82 Å². The second-order valence-electron chi connectivity index (χ2n) is 6.12. The van der Waals surface area contributed by atoms with Gasteiger partial charge in [0.05, 0.1) is 0 Å². The van der Waals surface area contributed by atoms with Crippen molar-refractivity contribution < 1.29 is 4.39 Å². The van der Waals surface area contributed by atoms with Crippen LogP contribution in [0.25, 0.3) is 0 Å². The normalized spacial score (nSPS) is 24.6. The van der Waals surface area contributed by atoms with E-state index in [2.05, 4.69) is 37.9 Å². The highest BCUT2D eigenvalue weighted by Gasteiger charge is 2.37. The molecule has 1 aliphatic rings. The molecule has 2 unspecified atom stereocenters. The van der Waals surface area contributed by atoms with Crippen LogP contribution in [0, 0.1) is 5.82 Å². The molecule has 1 aromatic carbocycles. The first-order valence-electron chi connectivity index (χ1n) is 7.77. The third kappa shape index (κ3) is 3.04. The van der Waals surface area contributed by atoms with Crippen LogP contribution < -0.4 is 5.32 Å². The molecular formula is C17H27FN2. The van der Waals surface area contributed by atoms with Gasteiger partial charge >= 0.3 is 0 Å². The molecule has 1 N–H and O–H groups in total. The van der Waals surface area contributed by atoms with Crippen molar-refractivity contribution in [3.63, 3.8) is 0 Å². The Morgan fingerprint density at radius 2 is 2.10 bits per heavy atom. The SMILES string of the molecule is CCC1(CC)CN(C(C)c2cccc(F)c2)C(C)CN1. The molecule has 0 aliphatic carbocycles. The summed E-state index contributed by atoms with van der Waals surface area (Å²) >= 11 is 0. The molecule has 1 aromatic rings. The van der Waals surface area contributed by atoms with Crippen LogP contribution in [-0.2, 0) is 0 Å². The van der Waals surface area contributed by atoms with Crippen molar-refractivity contribution in [1.82, 2.24) is 10.2 Å². The van der Waals surface area contributed by atoms with E-state index < -0.39 is 0 Å². The predicted molar refractivity (Wildman–Crippen MR) is 82.3 cm³/mol. The fourth-order valence-electron chi connectivity index (χ4n) is 3.24. The van der Waals surface area contributed by atoms with Crippen molar-refractivity contribution in [1.29, 1.82) is 0 Å². The first-order chi connectivity index (χ1) is 9.51. The summed E-state index contributed by atoms with van der Waals surface area (Å²) in [4.78, 5) is 2.51. The molecule has 20 heavy (non-hydrogen) atoms. The van der Waals surface area contributed by atoms with Crippen molar-refractivity contribution in [2.45, 2.75) is 58.2 Å². The highest BCUT2D eigenvalue weighted by atomic mass is 19.1. The van der Waals surface area contributed by atoms with Gasteiger partial charge in [-0.25, -0.2) is 4.39 Å². The highest BCUT2D eigenvalue weighted by Crippen LogP contribution is 2.30. The molecule has 1 aliphatic heterocycles. The van der Waals surface area contributed by atoms with Gasteiger partial charge in [0, 0.05) is 30.7 Å². The first-order valence-corrected chi connectivity index (χ1v) is 7.77. The molecule has 1 fully saturated rings. The van der Waals surface area contributed by atoms with Crippen molar-refractivity contribution in [2.24, 2.45) is 0 Å². The van der Waals surface area contributed by atoms with Gasteiger partial charge in [0.2, 0.25) is 0 Å². The van der Waals surface area contributed by atoms with Crippen LogP contribution in [0.5, 0.6) is 0 Å². The second-order valence-corrected chi connectivity index (χ2v) is 6.12. The van der Waals surface area contributed by atoms with Crippen molar-refractivity contribution >= 4 is 0 Å². The van der Waals surface area contributed by atoms with Crippen LogP contribution in [0.1, 0.15) is 52.1 Å². The number of hydrogen-bond donors (Lipinski definition) is 1. The molecule has 2 nitrogen and oxygen atoms in total. The fourth-order valence-corrected chi connectivity index (χ4v) is 3.24. The topological polar surface area (TPSA) is 15.3 Å². The van der Waals surface area contributed by atoms with Gasteiger partial charge in [0.15, 0.2) is 0 Å². The van der Waals surface area contributed by atoms with Crippen LogP contribution in [-0.4, -0.2) is 29.6 Å². The fraction of sp³-hybridized carbons (Fsp3) is 0.647. The Bertz CT molecular complexity index is 442. The second kappa shape index (κ2) is 6.23. The standard InChI is InChI=1S/C17H27FN2/c1-5-17(6-2)12-20(13(3)11-19-17)14(4)15-8-7-9-16(18)10-15/h7-10,13-14,19H,5-6,11-12H2,1-4H3. The van der Waals surface area contributed by atoms with Gasteiger partial charge in [-0.3, -0.25) is 4.90 Å². The minimum atomic E-state index is -0.144. The van der Waals surface area contributed by atoms with Gasteiger partial charge in [-0.05, 0) is 44.4 Å². The zero-order valence-corrected chi connectivity index (χ0v) is 13.1. The van der Waals surface area contributed by atoms with E-state index in [0.29, 0.717) is 6.04 Å². The van der Waals surface area contributed by atoms with Crippen molar-refractivity contribution in [3.05, 3.63) is 35.6 Å². The summed E-state index contributed by atoms with van der Waals surface area (Å²) in [6, 6.07) is 7.74. The maximum absolute atomic E-state index is 13.4. The number of nitrogens with one attached hydrogen (secondary N) is 1. The van der Waals surface area contributed by atoms with Gasteiger partial charge in [-0.1, -0.05) is 26.0 Å². The van der Waals surface area contributed by atoms with E-state index in [-0.39, 0.29) is 17.4 Å². The van der Waals surface area contributed by atoms with E-state index in [0.717, 1.165) is 31.5 Å². The lowest BCUT2D eigenvalue weighted by molar-refractivity contribution is 0.0496. The Hall–Kier alpha value is -0.930. The molecule has 1 heterocycles. The van der Waals surface area contributed by atoms with Crippen molar-refractivity contribution in [3.8, 4) is 0 Å². The molecule has 0 radical (unpaired) electrons. The summed E-state index contributed by atoms with van der Waals surface area (Å²) in [6.45, 7) is 11.0. The largest absolute Gasteiger partial charge is 0.308 e. The zero-order chi connectivity index (χ0) is 14.8. The van der Waals surface area contributed by atoms with Gasteiger partial charge in [-0.2, -0.15) is 0 Å². The van der Waals surface area contributed by atoms with Gasteiger partial charge in [-0.15, -0.1) is 0 Å². The van der Waals surface area contributed by atoms with E-state index in [1.165, 1.54) is 6.07 Å². The Morgan fingerprint density at radius 1 is 1.40 bits per heavy atom. The number of piperazine rings is 1. The number of nitrogens with zero attached hydrogens (tertiary/aromatic N) is 1. The molecule has 0 bridgehead atoms. The van der Waals surface area contributed by atoms with Crippen LogP contribution in [0.3, 0.4) is 0 Å². The summed E-state index contributed by atoms with van der Waals surface area (Å²) in [5.41, 5.74) is 1.27. The summed E-state index contributed by atoms with van der Waals surface area (Å²) in [6.07, 6.45) is 2.26. The minimum Gasteiger partial charge on any atom is -0.308 e. The van der Waals surface area contributed by atoms with Crippen LogP contribution in [0.15, 0.2) is 24.3 Å². The lowest BCUT2D eigenvalue weighted by atomic mass is 9.87. The molecular weight excluding hydrogens is 251 g/mol. The highest BCUT2D eigenvalue weighted by molar-refractivity contribution is 5.20. The average molecular weight is 278 g/mol. The summed E-state index contributed by atoms with van der Waals surface area (Å²) in [5.74, 6) is -0.144. The lowest BCUT2D eigenvalue weighted by Gasteiger charge is -2.49. The maximum Gasteiger partial charge on any atom is 0.123 e. The summed E-state index contributed by atoms with van der Waals surface area (Å²) < 4.78 is 13.4. The molecule has 0 spiro atoms. The van der Waals surface area contributed by atoms with E-state index >= 15 is 0 Å². The van der Waals surface area contributed by atoms with E-state index in [9.17, 15) is 4.39 Å². The van der Waals surface area contributed by atoms with Crippen LogP contribution >= 0.6 is 0 Å². The van der Waals surface area contributed by atoms with E-state index in [1.807, 2.05) is 6.07 Å². The minimum absolute atomic E-state index is 0.144. The quantitative estimate of drug-likeness (QED) is 0.902. The predicted octanol–water partition coefficient (Wildman–Crippen LogP) is 3.74. The van der Waals surface area contributed by atoms with Gasteiger partial charge < -0.3 is 5.32 Å². The third-order valence-electron chi connectivity index (χ3n) is 5.01. The molecule has 3 heteroatoms. The number of rotatable bonds is 4. The molecule has 1 saturated heterocycles. The first kappa shape index (κ1) is 15.5. The molecule has 0 saturated carbocycles. The Kier molecular flexibility index (Phi) is 4.82. The zero-order valence-electron chi connectivity index (χ0n) is 13.1. The summed E-state index contributed by atoms with van der Waals surface area (Å²) in [7, 11) is 0. The number of halogens is 1. The monoisotopic (exact) mass is 278 g/mol. The van der Waals surface area contributed by atoms with E-state index in [1.54, 1.807) is 12.1 Å².